The van der Waals surface area contributed by atoms with Gasteiger partial charge >= 0.3 is 0 Å². The van der Waals surface area contributed by atoms with Crippen molar-refractivity contribution in [2.24, 2.45) is 0 Å². The van der Waals surface area contributed by atoms with Crippen LogP contribution in [0.15, 0.2) is 36.4 Å². The Hall–Kier alpha value is -2.69. The van der Waals surface area contributed by atoms with E-state index in [-0.39, 0.29) is 23.5 Å². The van der Waals surface area contributed by atoms with Crippen LogP contribution in [0.25, 0.3) is 0 Å². The third kappa shape index (κ3) is 2.83. The van der Waals surface area contributed by atoms with Gasteiger partial charge < -0.3 is 20.4 Å². The van der Waals surface area contributed by atoms with E-state index in [9.17, 15) is 20.1 Å². The topological polar surface area (TPSA) is 98.0 Å². The molecule has 4 N–H and O–H groups in total. The summed E-state index contributed by atoms with van der Waals surface area (Å²) in [7, 11) is 0. The summed E-state index contributed by atoms with van der Waals surface area (Å²) in [6.07, 6.45) is 0.586. The SMILES string of the molecule is O=C(CCc1ccc(O)cc1)c1ccc(O)c(O)c1O. The van der Waals surface area contributed by atoms with Gasteiger partial charge in [0.1, 0.15) is 5.75 Å². The fraction of sp³-hybridized carbons (Fsp3) is 0.133. The third-order valence-electron chi connectivity index (χ3n) is 3.01. The minimum Gasteiger partial charge on any atom is -0.508 e. The van der Waals surface area contributed by atoms with Crippen LogP contribution in [0, 0.1) is 0 Å². The van der Waals surface area contributed by atoms with Gasteiger partial charge in [-0.15, -0.1) is 0 Å². The van der Waals surface area contributed by atoms with E-state index in [1.54, 1.807) is 12.1 Å². The molecule has 2 aromatic rings. The number of hydrogen-bond acceptors (Lipinski definition) is 5. The lowest BCUT2D eigenvalue weighted by atomic mass is 10.0. The molecule has 5 nitrogen and oxygen atoms in total. The van der Waals surface area contributed by atoms with Gasteiger partial charge in [0.25, 0.3) is 0 Å². The van der Waals surface area contributed by atoms with Crippen molar-refractivity contribution >= 4 is 5.78 Å². The molecular formula is C15H14O5. The second kappa shape index (κ2) is 5.52. The van der Waals surface area contributed by atoms with Crippen LogP contribution in [-0.4, -0.2) is 26.2 Å². The van der Waals surface area contributed by atoms with Gasteiger partial charge in [-0.3, -0.25) is 4.79 Å². The van der Waals surface area contributed by atoms with Crippen LogP contribution in [0.3, 0.4) is 0 Å². The molecule has 104 valence electrons. The summed E-state index contributed by atoms with van der Waals surface area (Å²) < 4.78 is 0. The zero-order valence-corrected chi connectivity index (χ0v) is 10.6. The van der Waals surface area contributed by atoms with Crippen molar-refractivity contribution < 1.29 is 25.2 Å². The lowest BCUT2D eigenvalue weighted by molar-refractivity contribution is 0.0979. The van der Waals surface area contributed by atoms with Gasteiger partial charge in [-0.25, -0.2) is 0 Å². The van der Waals surface area contributed by atoms with Gasteiger partial charge in [-0.1, -0.05) is 12.1 Å². The van der Waals surface area contributed by atoms with E-state index >= 15 is 0 Å². The van der Waals surface area contributed by atoms with Crippen LogP contribution in [-0.2, 0) is 6.42 Å². The highest BCUT2D eigenvalue weighted by atomic mass is 16.3. The number of aryl methyl sites for hydroxylation is 1. The second-order valence-electron chi connectivity index (χ2n) is 4.42. The van der Waals surface area contributed by atoms with E-state index in [1.165, 1.54) is 18.2 Å². The van der Waals surface area contributed by atoms with E-state index in [4.69, 9.17) is 5.11 Å². The highest BCUT2D eigenvalue weighted by molar-refractivity contribution is 5.99. The number of carbonyl (C=O) groups is 1. The largest absolute Gasteiger partial charge is 0.508 e. The molecule has 2 aromatic carbocycles. The van der Waals surface area contributed by atoms with Gasteiger partial charge in [0.05, 0.1) is 5.56 Å². The molecule has 0 heterocycles. The number of phenols is 4. The Kier molecular flexibility index (Phi) is 3.79. The number of hydrogen-bond donors (Lipinski definition) is 4. The number of carbonyl (C=O) groups excluding carboxylic acids is 1. The highest BCUT2D eigenvalue weighted by Crippen LogP contribution is 2.37. The fourth-order valence-corrected chi connectivity index (χ4v) is 1.85. The Bertz CT molecular complexity index is 631. The van der Waals surface area contributed by atoms with Crippen LogP contribution in [0.5, 0.6) is 23.0 Å². The molecule has 20 heavy (non-hydrogen) atoms. The predicted octanol–water partition coefficient (Wildman–Crippen LogP) is 2.32. The molecule has 0 aliphatic rings. The first-order chi connectivity index (χ1) is 9.49. The lowest BCUT2D eigenvalue weighted by Gasteiger charge is -2.07. The van der Waals surface area contributed by atoms with Gasteiger partial charge in [-0.05, 0) is 36.2 Å². The van der Waals surface area contributed by atoms with E-state index in [1.807, 2.05) is 0 Å². The van der Waals surface area contributed by atoms with E-state index in [2.05, 4.69) is 0 Å². The van der Waals surface area contributed by atoms with Crippen LogP contribution in [0.4, 0.5) is 0 Å². The summed E-state index contributed by atoms with van der Waals surface area (Å²) in [5.74, 6) is -1.97. The Balaban J connectivity index is 2.09. The average molecular weight is 274 g/mol. The Morgan fingerprint density at radius 1 is 0.850 bits per heavy atom. The maximum absolute atomic E-state index is 12.0. The number of phenolic OH excluding ortho intramolecular Hbond substituents is 4. The molecule has 0 fully saturated rings. The molecule has 0 saturated heterocycles. The molecule has 0 atom stereocenters. The van der Waals surface area contributed by atoms with E-state index in [0.29, 0.717) is 6.42 Å². The Morgan fingerprint density at radius 3 is 2.15 bits per heavy atom. The smallest absolute Gasteiger partial charge is 0.201 e. The van der Waals surface area contributed by atoms with E-state index < -0.39 is 17.2 Å². The van der Waals surface area contributed by atoms with Gasteiger partial charge in [0.15, 0.2) is 17.3 Å². The second-order valence-corrected chi connectivity index (χ2v) is 4.42. The fourth-order valence-electron chi connectivity index (χ4n) is 1.85. The van der Waals surface area contributed by atoms with Crippen molar-refractivity contribution in [3.8, 4) is 23.0 Å². The van der Waals surface area contributed by atoms with Crippen molar-refractivity contribution in [1.29, 1.82) is 0 Å². The summed E-state index contributed by atoms with van der Waals surface area (Å²) in [5.41, 5.74) is 0.845. The molecule has 0 aliphatic carbocycles. The number of rotatable bonds is 4. The molecule has 0 unspecified atom stereocenters. The van der Waals surface area contributed by atoms with E-state index in [0.717, 1.165) is 11.6 Å². The van der Waals surface area contributed by atoms with Crippen LogP contribution >= 0.6 is 0 Å². The number of ketones is 1. The van der Waals surface area contributed by atoms with Crippen molar-refractivity contribution in [2.75, 3.05) is 0 Å². The molecule has 0 saturated carbocycles. The molecular weight excluding hydrogens is 260 g/mol. The molecule has 2 rings (SSSR count). The van der Waals surface area contributed by atoms with Gasteiger partial charge in [-0.2, -0.15) is 0 Å². The third-order valence-corrected chi connectivity index (χ3v) is 3.01. The van der Waals surface area contributed by atoms with Gasteiger partial charge in [0.2, 0.25) is 5.75 Å². The van der Waals surface area contributed by atoms with Gasteiger partial charge in [0, 0.05) is 6.42 Å². The molecule has 0 bridgehead atoms. The summed E-state index contributed by atoms with van der Waals surface area (Å²) in [6.45, 7) is 0. The molecule has 0 radical (unpaired) electrons. The van der Waals surface area contributed by atoms with Crippen molar-refractivity contribution in [2.45, 2.75) is 12.8 Å². The van der Waals surface area contributed by atoms with Crippen LogP contribution < -0.4 is 0 Å². The Morgan fingerprint density at radius 2 is 1.50 bits per heavy atom. The van der Waals surface area contributed by atoms with Crippen molar-refractivity contribution in [3.63, 3.8) is 0 Å². The zero-order valence-electron chi connectivity index (χ0n) is 10.6. The molecule has 0 aliphatic heterocycles. The summed E-state index contributed by atoms with van der Waals surface area (Å²) in [6, 6.07) is 8.90. The normalized spacial score (nSPS) is 10.4. The molecule has 0 aromatic heterocycles. The molecule has 0 amide bonds. The summed E-state index contributed by atoms with van der Waals surface area (Å²) >= 11 is 0. The maximum Gasteiger partial charge on any atom is 0.201 e. The first kappa shape index (κ1) is 13.7. The monoisotopic (exact) mass is 274 g/mol. The van der Waals surface area contributed by atoms with Crippen molar-refractivity contribution in [1.82, 2.24) is 0 Å². The summed E-state index contributed by atoms with van der Waals surface area (Å²) in [4.78, 5) is 12.0. The number of Topliss-reactive ketones (excluding diaryl/α,β-unsaturated/α-hetero) is 1. The number of aromatic hydroxyl groups is 4. The Labute approximate surface area is 115 Å². The lowest BCUT2D eigenvalue weighted by Crippen LogP contribution is -2.01. The zero-order chi connectivity index (χ0) is 14.7. The summed E-state index contributed by atoms with van der Waals surface area (Å²) in [5, 5.41) is 37.3. The van der Waals surface area contributed by atoms with Crippen LogP contribution in [0.1, 0.15) is 22.3 Å². The first-order valence-corrected chi connectivity index (χ1v) is 6.04. The highest BCUT2D eigenvalue weighted by Gasteiger charge is 2.16. The number of benzene rings is 2. The van der Waals surface area contributed by atoms with Crippen LogP contribution in [0.2, 0.25) is 0 Å². The standard InChI is InChI=1S/C15H14O5/c16-10-4-1-9(2-5-10)3-7-12(17)11-6-8-13(18)15(20)14(11)19/h1-2,4-6,8,16,18-20H,3,7H2. The molecule has 5 heteroatoms. The average Bonchev–Trinajstić information content (AvgIpc) is 2.44. The van der Waals surface area contributed by atoms with Crippen molar-refractivity contribution in [3.05, 3.63) is 47.5 Å². The minimum absolute atomic E-state index is 0.0286. The quantitative estimate of drug-likeness (QED) is 0.506. The minimum atomic E-state index is -0.694. The molecule has 0 spiro atoms. The predicted molar refractivity (Wildman–Crippen MR) is 72.2 cm³/mol. The first-order valence-electron chi connectivity index (χ1n) is 6.04. The maximum atomic E-state index is 12.0.